The highest BCUT2D eigenvalue weighted by Crippen LogP contribution is 2.43. The Morgan fingerprint density at radius 1 is 1.00 bits per heavy atom. The molecule has 1 aliphatic rings. The molecule has 0 bridgehead atoms. The first-order chi connectivity index (χ1) is 15.5. The normalized spacial score (nSPS) is 18.1. The Labute approximate surface area is 209 Å². The van der Waals surface area contributed by atoms with Gasteiger partial charge in [-0.05, 0) is 78.9 Å². The molecule has 4 nitrogen and oxygen atoms in total. The Kier molecular flexibility index (Phi) is 5.95. The van der Waals surface area contributed by atoms with Gasteiger partial charge >= 0.3 is 0 Å². The number of halogens is 3. The fourth-order valence-electron chi connectivity index (χ4n) is 3.87. The Balaban J connectivity index is 1.60. The van der Waals surface area contributed by atoms with Crippen molar-refractivity contribution in [2.24, 2.45) is 0 Å². The molecule has 8 heteroatoms. The van der Waals surface area contributed by atoms with Crippen molar-refractivity contribution in [2.45, 2.75) is 12.1 Å². The molecule has 0 amide bonds. The summed E-state index contributed by atoms with van der Waals surface area (Å²) in [5.74, 6) is 1.41. The highest BCUT2D eigenvalue weighted by molar-refractivity contribution is 9.10. The molecule has 4 aromatic rings. The summed E-state index contributed by atoms with van der Waals surface area (Å²) >= 11 is 21.7. The monoisotopic (exact) mass is 543 g/mol. The van der Waals surface area contributed by atoms with Gasteiger partial charge in [0.25, 0.3) is 0 Å². The zero-order valence-corrected chi connectivity index (χ0v) is 20.4. The largest absolute Gasteiger partial charge is 0.459 e. The lowest BCUT2D eigenvalue weighted by Crippen LogP contribution is -2.29. The van der Waals surface area contributed by atoms with Crippen LogP contribution in [0.3, 0.4) is 0 Å². The molecule has 1 saturated heterocycles. The minimum absolute atomic E-state index is 0.188. The molecule has 0 spiro atoms. The van der Waals surface area contributed by atoms with E-state index in [-0.39, 0.29) is 12.1 Å². The van der Waals surface area contributed by atoms with Gasteiger partial charge < -0.3 is 14.6 Å². The molecule has 160 valence electrons. The first-order valence-corrected chi connectivity index (χ1v) is 11.8. The van der Waals surface area contributed by atoms with Crippen LogP contribution in [0.4, 0.5) is 5.69 Å². The van der Waals surface area contributed by atoms with Crippen molar-refractivity contribution < 1.29 is 4.42 Å². The lowest BCUT2D eigenvalue weighted by molar-refractivity contribution is 0.439. The maximum absolute atomic E-state index is 6.42. The number of aromatic nitrogens is 1. The third kappa shape index (κ3) is 4.04. The molecule has 0 saturated carbocycles. The van der Waals surface area contributed by atoms with Crippen LogP contribution in [0.2, 0.25) is 10.0 Å². The summed E-state index contributed by atoms with van der Waals surface area (Å²) in [6, 6.07) is 22.7. The van der Waals surface area contributed by atoms with Crippen LogP contribution in [0.15, 0.2) is 87.9 Å². The average molecular weight is 545 g/mol. The topological polar surface area (TPSA) is 41.3 Å². The van der Waals surface area contributed by atoms with E-state index < -0.39 is 0 Å². The summed E-state index contributed by atoms with van der Waals surface area (Å²) in [5.41, 5.74) is 2.61. The summed E-state index contributed by atoms with van der Waals surface area (Å²) in [7, 11) is 0. The molecule has 32 heavy (non-hydrogen) atoms. The molecule has 3 heterocycles. The molecule has 2 atom stereocenters. The molecule has 2 aromatic carbocycles. The van der Waals surface area contributed by atoms with E-state index in [9.17, 15) is 0 Å². The van der Waals surface area contributed by atoms with Crippen LogP contribution >= 0.6 is 51.3 Å². The average Bonchev–Trinajstić information content (AvgIpc) is 3.39. The van der Waals surface area contributed by atoms with Crippen LogP contribution in [0, 0.1) is 0 Å². The van der Waals surface area contributed by atoms with Crippen LogP contribution in [0.5, 0.6) is 0 Å². The van der Waals surface area contributed by atoms with Gasteiger partial charge in [0.1, 0.15) is 17.6 Å². The number of pyridine rings is 1. The maximum atomic E-state index is 6.42. The van der Waals surface area contributed by atoms with Crippen LogP contribution in [0.25, 0.3) is 11.3 Å². The number of rotatable bonds is 4. The highest BCUT2D eigenvalue weighted by atomic mass is 79.9. The number of furan rings is 1. The molecule has 2 aromatic heterocycles. The Morgan fingerprint density at radius 3 is 2.53 bits per heavy atom. The smallest absolute Gasteiger partial charge is 0.174 e. The van der Waals surface area contributed by atoms with Crippen molar-refractivity contribution in [1.29, 1.82) is 0 Å². The molecule has 1 fully saturated rings. The number of nitrogens with one attached hydrogen (secondary N) is 1. The van der Waals surface area contributed by atoms with Crippen molar-refractivity contribution in [3.8, 4) is 11.3 Å². The summed E-state index contributed by atoms with van der Waals surface area (Å²) in [4.78, 5) is 6.63. The third-order valence-corrected chi connectivity index (χ3v) is 6.71. The van der Waals surface area contributed by atoms with Gasteiger partial charge in [0.2, 0.25) is 0 Å². The number of thiocarbonyl (C=S) groups is 1. The zero-order chi connectivity index (χ0) is 22.2. The molecule has 5 rings (SSSR count). The van der Waals surface area contributed by atoms with Crippen LogP contribution < -0.4 is 10.2 Å². The lowest BCUT2D eigenvalue weighted by atomic mass is 10.0. The van der Waals surface area contributed by atoms with Crippen molar-refractivity contribution in [3.63, 3.8) is 0 Å². The summed E-state index contributed by atoms with van der Waals surface area (Å²) < 4.78 is 7.34. The SMILES string of the molecule is S=C1NC(c2ccccn2)C(c2ccc(-c3ccc(Cl)cc3Cl)o2)N1c1ccc(Br)cc1. The van der Waals surface area contributed by atoms with E-state index in [0.29, 0.717) is 20.9 Å². The van der Waals surface area contributed by atoms with E-state index in [1.807, 2.05) is 60.7 Å². The highest BCUT2D eigenvalue weighted by Gasteiger charge is 2.42. The first-order valence-electron chi connectivity index (χ1n) is 9.82. The predicted octanol–water partition coefficient (Wildman–Crippen LogP) is 7.59. The zero-order valence-electron chi connectivity index (χ0n) is 16.5. The van der Waals surface area contributed by atoms with E-state index in [1.165, 1.54) is 0 Å². The van der Waals surface area contributed by atoms with Crippen molar-refractivity contribution in [2.75, 3.05) is 4.90 Å². The number of hydrogen-bond acceptors (Lipinski definition) is 3. The third-order valence-electron chi connectivity index (χ3n) is 5.32. The Bertz CT molecular complexity index is 1280. The standard InChI is InChI=1S/C24H16BrCl2N3OS/c25-14-4-7-16(8-5-14)30-23(22(29-24(30)32)19-3-1-2-12-28-19)21-11-10-20(31-21)17-9-6-15(26)13-18(17)27/h1-13,22-23H,(H,29,32). The molecule has 2 unspecified atom stereocenters. The molecular formula is C24H16BrCl2N3OS. The van der Waals surface area contributed by atoms with Crippen molar-refractivity contribution >= 4 is 62.1 Å². The molecule has 1 N–H and O–H groups in total. The summed E-state index contributed by atoms with van der Waals surface area (Å²) in [6.07, 6.45) is 1.78. The van der Waals surface area contributed by atoms with Crippen molar-refractivity contribution in [3.05, 3.63) is 105 Å². The predicted molar refractivity (Wildman–Crippen MR) is 136 cm³/mol. The van der Waals surface area contributed by atoms with Gasteiger partial charge in [-0.2, -0.15) is 0 Å². The second kappa shape index (κ2) is 8.87. The van der Waals surface area contributed by atoms with E-state index in [4.69, 9.17) is 39.8 Å². The lowest BCUT2D eigenvalue weighted by Gasteiger charge is -2.26. The minimum Gasteiger partial charge on any atom is -0.459 e. The van der Waals surface area contributed by atoms with E-state index in [2.05, 4.69) is 31.1 Å². The van der Waals surface area contributed by atoms with Gasteiger partial charge in [-0.1, -0.05) is 45.2 Å². The Hall–Kier alpha value is -2.38. The molecule has 1 aliphatic heterocycles. The minimum atomic E-state index is -0.238. The number of nitrogens with zero attached hydrogens (tertiary/aromatic N) is 2. The van der Waals surface area contributed by atoms with E-state index in [0.717, 1.165) is 27.2 Å². The number of benzene rings is 2. The van der Waals surface area contributed by atoms with E-state index in [1.54, 1.807) is 18.3 Å². The molecule has 0 radical (unpaired) electrons. The first kappa shape index (κ1) is 21.5. The van der Waals surface area contributed by atoms with Crippen LogP contribution in [-0.2, 0) is 0 Å². The number of hydrogen-bond donors (Lipinski definition) is 1. The second-order valence-corrected chi connectivity index (χ2v) is 9.45. The Morgan fingerprint density at radius 2 is 1.81 bits per heavy atom. The van der Waals surface area contributed by atoms with E-state index >= 15 is 0 Å². The maximum Gasteiger partial charge on any atom is 0.174 e. The van der Waals surface area contributed by atoms with Crippen LogP contribution in [0.1, 0.15) is 23.5 Å². The summed E-state index contributed by atoms with van der Waals surface area (Å²) in [6.45, 7) is 0. The van der Waals surface area contributed by atoms with Gasteiger partial charge in [-0.25, -0.2) is 0 Å². The molecule has 0 aliphatic carbocycles. The van der Waals surface area contributed by atoms with Crippen LogP contribution in [-0.4, -0.2) is 10.1 Å². The molecular weight excluding hydrogens is 529 g/mol. The fraction of sp³-hybridized carbons (Fsp3) is 0.0833. The van der Waals surface area contributed by atoms with Gasteiger partial charge in [-0.15, -0.1) is 0 Å². The fourth-order valence-corrected chi connectivity index (χ4v) is 4.98. The van der Waals surface area contributed by atoms with Crippen molar-refractivity contribution in [1.82, 2.24) is 10.3 Å². The van der Waals surface area contributed by atoms with Gasteiger partial charge in [-0.3, -0.25) is 4.98 Å². The quantitative estimate of drug-likeness (QED) is 0.268. The number of anilines is 1. The van der Waals surface area contributed by atoms with Gasteiger partial charge in [0.05, 0.1) is 16.8 Å². The van der Waals surface area contributed by atoms with Gasteiger partial charge in [0, 0.05) is 26.9 Å². The second-order valence-electron chi connectivity index (χ2n) is 7.30. The summed E-state index contributed by atoms with van der Waals surface area (Å²) in [5, 5.41) is 5.14. The van der Waals surface area contributed by atoms with Gasteiger partial charge in [0.15, 0.2) is 5.11 Å².